The summed E-state index contributed by atoms with van der Waals surface area (Å²) in [4.78, 5) is 30.9. The summed E-state index contributed by atoms with van der Waals surface area (Å²) in [7, 11) is 0. The quantitative estimate of drug-likeness (QED) is 0.684. The number of likely N-dealkylation sites (tertiary alicyclic amines) is 1. The summed E-state index contributed by atoms with van der Waals surface area (Å²) in [6.45, 7) is 5.88. The summed E-state index contributed by atoms with van der Waals surface area (Å²) in [5.41, 5.74) is 0.641. The first-order chi connectivity index (χ1) is 14.1. The molecule has 156 valence electrons. The van der Waals surface area contributed by atoms with Crippen LogP contribution in [0.1, 0.15) is 54.7 Å². The van der Waals surface area contributed by atoms with E-state index in [4.69, 9.17) is 9.26 Å². The predicted molar refractivity (Wildman–Crippen MR) is 106 cm³/mol. The number of ether oxygens (including phenoxy) is 1. The number of rotatable bonds is 8. The number of amides is 2. The van der Waals surface area contributed by atoms with Gasteiger partial charge in [-0.25, -0.2) is 0 Å². The fraction of sp³-hybridized carbons (Fsp3) is 0.524. The van der Waals surface area contributed by atoms with Gasteiger partial charge >= 0.3 is 0 Å². The van der Waals surface area contributed by atoms with Crippen molar-refractivity contribution in [3.8, 4) is 5.75 Å². The van der Waals surface area contributed by atoms with E-state index in [1.165, 1.54) is 0 Å². The molecule has 3 rings (SSSR count). The molecule has 1 aromatic heterocycles. The van der Waals surface area contributed by atoms with Crippen LogP contribution in [0.25, 0.3) is 0 Å². The summed E-state index contributed by atoms with van der Waals surface area (Å²) in [5, 5.41) is 6.53. The van der Waals surface area contributed by atoms with Crippen LogP contribution < -0.4 is 10.1 Å². The molecule has 0 saturated carbocycles. The highest BCUT2D eigenvalue weighted by Gasteiger charge is 2.28. The molecule has 0 spiro atoms. The van der Waals surface area contributed by atoms with Gasteiger partial charge in [0.2, 0.25) is 11.8 Å². The average Bonchev–Trinajstić information content (AvgIpc) is 3.17. The van der Waals surface area contributed by atoms with Gasteiger partial charge in [-0.1, -0.05) is 18.5 Å². The fourth-order valence-corrected chi connectivity index (χ4v) is 3.27. The molecule has 1 saturated heterocycles. The normalized spacial score (nSPS) is 14.6. The van der Waals surface area contributed by atoms with Crippen LogP contribution in [-0.2, 0) is 11.3 Å². The number of unbranched alkanes of at least 4 members (excludes halogenated alkanes) is 1. The topological polar surface area (TPSA) is 97.6 Å². The molecule has 1 fully saturated rings. The molecule has 8 heteroatoms. The number of carbonyl (C=O) groups is 2. The molecule has 0 unspecified atom stereocenters. The molecule has 29 heavy (non-hydrogen) atoms. The molecule has 0 bridgehead atoms. The zero-order valence-corrected chi connectivity index (χ0v) is 17.0. The molecule has 0 aliphatic carbocycles. The molecule has 1 N–H and O–H groups in total. The van der Waals surface area contributed by atoms with Crippen molar-refractivity contribution in [2.45, 2.75) is 46.1 Å². The number of piperidine rings is 1. The van der Waals surface area contributed by atoms with Crippen molar-refractivity contribution >= 4 is 11.8 Å². The van der Waals surface area contributed by atoms with Crippen LogP contribution in [0.5, 0.6) is 5.75 Å². The van der Waals surface area contributed by atoms with Gasteiger partial charge in [0, 0.05) is 24.6 Å². The number of aryl methyl sites for hydroxylation is 1. The van der Waals surface area contributed by atoms with Gasteiger partial charge < -0.3 is 19.5 Å². The molecule has 1 aliphatic rings. The third-order valence-corrected chi connectivity index (χ3v) is 5.00. The summed E-state index contributed by atoms with van der Waals surface area (Å²) < 4.78 is 10.6. The smallest absolute Gasteiger partial charge is 0.253 e. The number of nitrogens with one attached hydrogen (secondary N) is 1. The van der Waals surface area contributed by atoms with E-state index in [9.17, 15) is 9.59 Å². The second-order valence-corrected chi connectivity index (χ2v) is 7.25. The molecule has 1 aromatic carbocycles. The SMILES string of the molecule is CCCCOc1ccc(C(=O)N2CCC(C(=O)NCc3nc(C)no3)CC2)cc1. The van der Waals surface area contributed by atoms with Gasteiger partial charge in [-0.2, -0.15) is 4.98 Å². The third-order valence-electron chi connectivity index (χ3n) is 5.00. The van der Waals surface area contributed by atoms with Crippen molar-refractivity contribution in [3.63, 3.8) is 0 Å². The van der Waals surface area contributed by atoms with Crippen LogP contribution in [0.4, 0.5) is 0 Å². The predicted octanol–water partition coefficient (Wildman–Crippen LogP) is 2.73. The van der Waals surface area contributed by atoms with Crippen LogP contribution in [0.2, 0.25) is 0 Å². The summed E-state index contributed by atoms with van der Waals surface area (Å²) in [6.07, 6.45) is 3.37. The van der Waals surface area contributed by atoms with E-state index in [1.807, 2.05) is 12.1 Å². The van der Waals surface area contributed by atoms with E-state index in [1.54, 1.807) is 24.0 Å². The standard InChI is InChI=1S/C21H28N4O4/c1-3-4-13-28-18-7-5-17(6-8-18)21(27)25-11-9-16(10-12-25)20(26)22-14-19-23-15(2)24-29-19/h5-8,16H,3-4,9-14H2,1-2H3,(H,22,26). The summed E-state index contributed by atoms with van der Waals surface area (Å²) in [5.74, 6) is 1.55. The molecule has 2 amide bonds. The average molecular weight is 400 g/mol. The van der Waals surface area contributed by atoms with Crippen molar-refractivity contribution in [2.24, 2.45) is 5.92 Å². The van der Waals surface area contributed by atoms with Crippen LogP contribution in [0.3, 0.4) is 0 Å². The molecule has 1 aliphatic heterocycles. The van der Waals surface area contributed by atoms with Gasteiger partial charge in [-0.15, -0.1) is 0 Å². The van der Waals surface area contributed by atoms with Crippen LogP contribution in [0.15, 0.2) is 28.8 Å². The summed E-state index contributed by atoms with van der Waals surface area (Å²) >= 11 is 0. The van der Waals surface area contributed by atoms with Crippen molar-refractivity contribution in [3.05, 3.63) is 41.5 Å². The van der Waals surface area contributed by atoms with Crippen LogP contribution in [0, 0.1) is 12.8 Å². The highest BCUT2D eigenvalue weighted by molar-refractivity contribution is 5.94. The van der Waals surface area contributed by atoms with Gasteiger partial charge in [0.25, 0.3) is 5.91 Å². The molecule has 0 atom stereocenters. The lowest BCUT2D eigenvalue weighted by Crippen LogP contribution is -2.42. The maximum atomic E-state index is 12.7. The minimum Gasteiger partial charge on any atom is -0.494 e. The van der Waals surface area contributed by atoms with E-state index in [0.29, 0.717) is 49.8 Å². The minimum absolute atomic E-state index is 0.00898. The minimum atomic E-state index is -0.114. The lowest BCUT2D eigenvalue weighted by atomic mass is 9.95. The van der Waals surface area contributed by atoms with Crippen LogP contribution >= 0.6 is 0 Å². The van der Waals surface area contributed by atoms with Gasteiger partial charge in [-0.05, 0) is 50.5 Å². The largest absolute Gasteiger partial charge is 0.494 e. The van der Waals surface area contributed by atoms with Gasteiger partial charge in [-0.3, -0.25) is 9.59 Å². The Labute approximate surface area is 170 Å². The fourth-order valence-electron chi connectivity index (χ4n) is 3.27. The first-order valence-corrected chi connectivity index (χ1v) is 10.2. The second kappa shape index (κ2) is 10.0. The lowest BCUT2D eigenvalue weighted by molar-refractivity contribution is -0.126. The number of hydrogen-bond acceptors (Lipinski definition) is 6. The van der Waals surface area contributed by atoms with E-state index in [2.05, 4.69) is 22.4 Å². The Bertz CT molecular complexity index is 810. The van der Waals surface area contributed by atoms with E-state index < -0.39 is 0 Å². The van der Waals surface area contributed by atoms with Crippen LogP contribution in [-0.4, -0.2) is 46.6 Å². The Morgan fingerprint density at radius 2 is 1.97 bits per heavy atom. The summed E-state index contributed by atoms with van der Waals surface area (Å²) in [6, 6.07) is 7.27. The number of carbonyl (C=O) groups excluding carboxylic acids is 2. The van der Waals surface area contributed by atoms with E-state index in [0.717, 1.165) is 18.6 Å². The van der Waals surface area contributed by atoms with Crippen molar-refractivity contribution in [1.82, 2.24) is 20.4 Å². The van der Waals surface area contributed by atoms with Crippen molar-refractivity contribution in [1.29, 1.82) is 0 Å². The number of hydrogen-bond donors (Lipinski definition) is 1. The Morgan fingerprint density at radius 1 is 1.24 bits per heavy atom. The monoisotopic (exact) mass is 400 g/mol. The molecule has 8 nitrogen and oxygen atoms in total. The number of benzene rings is 1. The molecule has 2 heterocycles. The highest BCUT2D eigenvalue weighted by atomic mass is 16.5. The van der Waals surface area contributed by atoms with E-state index >= 15 is 0 Å². The molecular formula is C21H28N4O4. The molecular weight excluding hydrogens is 372 g/mol. The highest BCUT2D eigenvalue weighted by Crippen LogP contribution is 2.21. The zero-order valence-electron chi connectivity index (χ0n) is 17.0. The first-order valence-electron chi connectivity index (χ1n) is 10.2. The van der Waals surface area contributed by atoms with Crippen molar-refractivity contribution < 1.29 is 18.8 Å². The lowest BCUT2D eigenvalue weighted by Gasteiger charge is -2.31. The number of nitrogens with zero attached hydrogens (tertiary/aromatic N) is 3. The Balaban J connectivity index is 1.44. The molecule has 2 aromatic rings. The third kappa shape index (κ3) is 5.79. The van der Waals surface area contributed by atoms with Gasteiger partial charge in [0.1, 0.15) is 5.75 Å². The maximum absolute atomic E-state index is 12.7. The number of aromatic nitrogens is 2. The van der Waals surface area contributed by atoms with Crippen molar-refractivity contribution in [2.75, 3.05) is 19.7 Å². The maximum Gasteiger partial charge on any atom is 0.253 e. The van der Waals surface area contributed by atoms with Gasteiger partial charge in [0.05, 0.1) is 13.2 Å². The van der Waals surface area contributed by atoms with Gasteiger partial charge in [0.15, 0.2) is 5.82 Å². The Morgan fingerprint density at radius 3 is 2.59 bits per heavy atom. The van der Waals surface area contributed by atoms with E-state index in [-0.39, 0.29) is 24.3 Å². The zero-order chi connectivity index (χ0) is 20.6. The molecule has 0 radical (unpaired) electrons. The Hall–Kier alpha value is -2.90. The second-order valence-electron chi connectivity index (χ2n) is 7.25. The Kier molecular flexibility index (Phi) is 7.21. The first kappa shape index (κ1) is 20.8.